The van der Waals surface area contributed by atoms with Crippen LogP contribution < -0.4 is 5.32 Å². The Hall–Kier alpha value is -1.26. The minimum Gasteiger partial charge on any atom is -0.336 e. The molecule has 0 radical (unpaired) electrons. The summed E-state index contributed by atoms with van der Waals surface area (Å²) in [5, 5.41) is 3.42. The number of aromatic nitrogens is 2. The Morgan fingerprint density at radius 2 is 2.12 bits per heavy atom. The number of nitrogens with zero attached hydrogens (tertiary/aromatic N) is 2. The minimum atomic E-state index is 0.920. The third kappa shape index (κ3) is 3.91. The second-order valence-corrected chi connectivity index (χ2v) is 4.71. The van der Waals surface area contributed by atoms with Gasteiger partial charge in [0.25, 0.3) is 0 Å². The number of hydrogen-bond donors (Lipinski definition) is 1. The van der Waals surface area contributed by atoms with E-state index in [0.29, 0.717) is 0 Å². The zero-order valence-electron chi connectivity index (χ0n) is 9.97. The summed E-state index contributed by atoms with van der Waals surface area (Å²) in [6.45, 7) is 2.84. The molecule has 0 fully saturated rings. The van der Waals surface area contributed by atoms with Crippen LogP contribution in [0.15, 0.2) is 47.9 Å². The van der Waals surface area contributed by atoms with Crippen molar-refractivity contribution in [3.8, 4) is 0 Å². The van der Waals surface area contributed by atoms with Crippen molar-refractivity contribution >= 4 is 11.8 Å². The predicted molar refractivity (Wildman–Crippen MR) is 72.2 cm³/mol. The molecule has 3 nitrogen and oxygen atoms in total. The first-order chi connectivity index (χ1) is 8.38. The zero-order valence-corrected chi connectivity index (χ0v) is 10.8. The molecule has 1 heterocycles. The Morgan fingerprint density at radius 3 is 2.76 bits per heavy atom. The van der Waals surface area contributed by atoms with Crippen LogP contribution in [0.2, 0.25) is 0 Å². The molecule has 1 N–H and O–H groups in total. The molecule has 0 aliphatic rings. The lowest BCUT2D eigenvalue weighted by Crippen LogP contribution is -2.18. The Kier molecular flexibility index (Phi) is 4.64. The highest BCUT2D eigenvalue weighted by atomic mass is 32.2. The average Bonchev–Trinajstić information content (AvgIpc) is 2.88. The fourth-order valence-corrected chi connectivity index (χ4v) is 2.01. The highest BCUT2D eigenvalue weighted by Crippen LogP contribution is 2.14. The van der Waals surface area contributed by atoms with Gasteiger partial charge in [-0.15, -0.1) is 11.8 Å². The lowest BCUT2D eigenvalue weighted by atomic mass is 10.2. The first-order valence-corrected chi connectivity index (χ1v) is 6.90. The average molecular weight is 247 g/mol. The summed E-state index contributed by atoms with van der Waals surface area (Å²) >= 11 is 1.77. The minimum absolute atomic E-state index is 0.920. The topological polar surface area (TPSA) is 29.9 Å². The summed E-state index contributed by atoms with van der Waals surface area (Å²) in [5.41, 5.74) is 1.33. The molecule has 1 aromatic carbocycles. The van der Waals surface area contributed by atoms with Crippen molar-refractivity contribution in [3.63, 3.8) is 0 Å². The second-order valence-electron chi connectivity index (χ2n) is 3.83. The van der Waals surface area contributed by atoms with Gasteiger partial charge >= 0.3 is 0 Å². The van der Waals surface area contributed by atoms with Crippen molar-refractivity contribution < 1.29 is 0 Å². The molecule has 0 unspecified atom stereocenters. The molecule has 17 heavy (non-hydrogen) atoms. The molecule has 0 saturated heterocycles. The van der Waals surface area contributed by atoms with E-state index in [9.17, 15) is 0 Å². The normalized spacial score (nSPS) is 10.6. The van der Waals surface area contributed by atoms with E-state index in [0.717, 1.165) is 19.6 Å². The van der Waals surface area contributed by atoms with Crippen molar-refractivity contribution in [1.29, 1.82) is 0 Å². The Balaban J connectivity index is 1.70. The highest BCUT2D eigenvalue weighted by Gasteiger charge is 1.94. The van der Waals surface area contributed by atoms with E-state index in [4.69, 9.17) is 0 Å². The largest absolute Gasteiger partial charge is 0.336 e. The van der Waals surface area contributed by atoms with Crippen molar-refractivity contribution in [2.75, 3.05) is 12.8 Å². The zero-order chi connectivity index (χ0) is 11.9. The molecule has 0 bridgehead atoms. The van der Waals surface area contributed by atoms with E-state index >= 15 is 0 Å². The Morgan fingerprint density at radius 1 is 1.29 bits per heavy atom. The summed E-state index contributed by atoms with van der Waals surface area (Å²) < 4.78 is 2.07. The summed E-state index contributed by atoms with van der Waals surface area (Å²) in [4.78, 5) is 5.32. The van der Waals surface area contributed by atoms with Gasteiger partial charge in [0.15, 0.2) is 0 Å². The quantitative estimate of drug-likeness (QED) is 0.628. The fraction of sp³-hybridized carbons (Fsp3) is 0.308. The highest BCUT2D eigenvalue weighted by molar-refractivity contribution is 7.98. The smallest absolute Gasteiger partial charge is 0.0946 e. The molecule has 2 aromatic rings. The van der Waals surface area contributed by atoms with Gasteiger partial charge in [0, 0.05) is 36.9 Å². The van der Waals surface area contributed by atoms with E-state index < -0.39 is 0 Å². The van der Waals surface area contributed by atoms with Crippen molar-refractivity contribution in [3.05, 3.63) is 48.5 Å². The van der Waals surface area contributed by atoms with Crippen LogP contribution in [0.4, 0.5) is 0 Å². The number of benzene rings is 1. The van der Waals surface area contributed by atoms with E-state index in [1.165, 1.54) is 10.5 Å². The molecule has 4 heteroatoms. The summed E-state index contributed by atoms with van der Waals surface area (Å²) in [5.74, 6) is 0. The number of thioether (sulfide) groups is 1. The lowest BCUT2D eigenvalue weighted by Gasteiger charge is -2.06. The maximum atomic E-state index is 4.01. The van der Waals surface area contributed by atoms with Crippen LogP contribution in [-0.4, -0.2) is 22.4 Å². The number of rotatable bonds is 6. The van der Waals surface area contributed by atoms with Crippen molar-refractivity contribution in [2.45, 2.75) is 18.0 Å². The van der Waals surface area contributed by atoms with Gasteiger partial charge < -0.3 is 9.88 Å². The van der Waals surface area contributed by atoms with E-state index in [2.05, 4.69) is 45.4 Å². The summed E-state index contributed by atoms with van der Waals surface area (Å²) in [7, 11) is 0. The van der Waals surface area contributed by atoms with Crippen LogP contribution in [0.3, 0.4) is 0 Å². The van der Waals surface area contributed by atoms with E-state index in [1.54, 1.807) is 18.0 Å². The SMILES string of the molecule is CSc1ccc(CNCCn2ccnc2)cc1. The third-order valence-corrected chi connectivity index (χ3v) is 3.34. The standard InChI is InChI=1S/C13H17N3S/c1-17-13-4-2-12(3-5-13)10-14-6-8-16-9-7-15-11-16/h2-5,7,9,11,14H,6,8,10H2,1H3. The van der Waals surface area contributed by atoms with Gasteiger partial charge in [-0.25, -0.2) is 4.98 Å². The molecule has 0 spiro atoms. The van der Waals surface area contributed by atoms with Crippen LogP contribution in [0.5, 0.6) is 0 Å². The molecule has 0 aliphatic heterocycles. The van der Waals surface area contributed by atoms with Gasteiger partial charge in [0.05, 0.1) is 6.33 Å². The van der Waals surface area contributed by atoms with Gasteiger partial charge in [0.2, 0.25) is 0 Å². The molecular formula is C13H17N3S. The molecule has 0 saturated carbocycles. The Bertz CT molecular complexity index is 422. The predicted octanol–water partition coefficient (Wildman–Crippen LogP) is 2.39. The number of hydrogen-bond acceptors (Lipinski definition) is 3. The molecule has 1 aromatic heterocycles. The van der Waals surface area contributed by atoms with Gasteiger partial charge in [-0.3, -0.25) is 0 Å². The summed E-state index contributed by atoms with van der Waals surface area (Å²) in [6, 6.07) is 8.68. The fourth-order valence-electron chi connectivity index (χ4n) is 1.60. The molecule has 0 atom stereocenters. The molecule has 0 aliphatic carbocycles. The molecule has 0 amide bonds. The van der Waals surface area contributed by atoms with Gasteiger partial charge in [-0.2, -0.15) is 0 Å². The van der Waals surface area contributed by atoms with Crippen LogP contribution in [0, 0.1) is 0 Å². The monoisotopic (exact) mass is 247 g/mol. The molecule has 2 rings (SSSR count). The van der Waals surface area contributed by atoms with Gasteiger partial charge in [-0.1, -0.05) is 12.1 Å². The van der Waals surface area contributed by atoms with Crippen LogP contribution in [-0.2, 0) is 13.1 Å². The van der Waals surface area contributed by atoms with Crippen molar-refractivity contribution in [2.24, 2.45) is 0 Å². The van der Waals surface area contributed by atoms with E-state index in [-0.39, 0.29) is 0 Å². The van der Waals surface area contributed by atoms with Gasteiger partial charge in [0.1, 0.15) is 0 Å². The first kappa shape index (κ1) is 12.2. The van der Waals surface area contributed by atoms with Gasteiger partial charge in [-0.05, 0) is 24.0 Å². The maximum Gasteiger partial charge on any atom is 0.0946 e. The van der Waals surface area contributed by atoms with Crippen LogP contribution in [0.1, 0.15) is 5.56 Å². The first-order valence-electron chi connectivity index (χ1n) is 5.68. The summed E-state index contributed by atoms with van der Waals surface area (Å²) in [6.07, 6.45) is 7.73. The van der Waals surface area contributed by atoms with E-state index in [1.807, 2.05) is 12.5 Å². The third-order valence-electron chi connectivity index (χ3n) is 2.59. The maximum absolute atomic E-state index is 4.01. The second kappa shape index (κ2) is 6.47. The van der Waals surface area contributed by atoms with Crippen LogP contribution >= 0.6 is 11.8 Å². The number of nitrogens with one attached hydrogen (secondary N) is 1. The molecule has 90 valence electrons. The van der Waals surface area contributed by atoms with Crippen molar-refractivity contribution in [1.82, 2.24) is 14.9 Å². The Labute approximate surface area is 106 Å². The van der Waals surface area contributed by atoms with Crippen LogP contribution in [0.25, 0.3) is 0 Å². The lowest BCUT2D eigenvalue weighted by molar-refractivity contribution is 0.597. The molecular weight excluding hydrogens is 230 g/mol. The number of imidazole rings is 1.